The first-order valence-electron chi connectivity index (χ1n) is 5.12. The highest BCUT2D eigenvalue weighted by atomic mass is 16.5. The van der Waals surface area contributed by atoms with Crippen LogP contribution in [-0.4, -0.2) is 24.9 Å². The lowest BCUT2D eigenvalue weighted by Gasteiger charge is -2.20. The zero-order chi connectivity index (χ0) is 11.3. The molecule has 0 fully saturated rings. The predicted octanol–water partition coefficient (Wildman–Crippen LogP) is 2.15. The van der Waals surface area contributed by atoms with Crippen LogP contribution >= 0.6 is 0 Å². The molecule has 0 saturated carbocycles. The Morgan fingerprint density at radius 3 is 2.27 bits per heavy atom. The lowest BCUT2D eigenvalue weighted by molar-refractivity contribution is -0.0259. The number of aliphatic hydroxyl groups is 1. The zero-order valence-corrected chi connectivity index (χ0v) is 9.43. The van der Waals surface area contributed by atoms with Crippen molar-refractivity contribution in [3.05, 3.63) is 29.8 Å². The monoisotopic (exact) mass is 210 g/mol. The molecular weight excluding hydrogens is 192 g/mol. The molecule has 0 aliphatic heterocycles. The highest BCUT2D eigenvalue weighted by molar-refractivity contribution is 5.28. The molecule has 0 aliphatic carbocycles. The topological polar surface area (TPSA) is 38.7 Å². The molecule has 0 aliphatic rings. The standard InChI is InChI=1S/C12H18O3/c1-4-15-12(9(2)13)10-5-7-11(14-3)8-6-10/h5-9,12-13H,4H2,1-3H3/t9-,12+/m1/s1. The molecule has 15 heavy (non-hydrogen) atoms. The molecule has 0 spiro atoms. The normalized spacial score (nSPS) is 14.7. The highest BCUT2D eigenvalue weighted by Gasteiger charge is 2.16. The largest absolute Gasteiger partial charge is 0.497 e. The second-order valence-electron chi connectivity index (χ2n) is 3.39. The average Bonchev–Trinajstić information content (AvgIpc) is 2.26. The van der Waals surface area contributed by atoms with Gasteiger partial charge in [-0.3, -0.25) is 0 Å². The van der Waals surface area contributed by atoms with Crippen LogP contribution in [0.1, 0.15) is 25.5 Å². The predicted molar refractivity (Wildman–Crippen MR) is 59.0 cm³/mol. The van der Waals surface area contributed by atoms with E-state index in [1.807, 2.05) is 31.2 Å². The average molecular weight is 210 g/mol. The van der Waals surface area contributed by atoms with Gasteiger partial charge in [-0.1, -0.05) is 12.1 Å². The van der Waals surface area contributed by atoms with Crippen molar-refractivity contribution in [3.63, 3.8) is 0 Å². The number of rotatable bonds is 5. The molecule has 0 saturated heterocycles. The Balaban J connectivity index is 2.81. The fourth-order valence-corrected chi connectivity index (χ4v) is 1.49. The van der Waals surface area contributed by atoms with E-state index in [1.165, 1.54) is 0 Å². The van der Waals surface area contributed by atoms with E-state index >= 15 is 0 Å². The maximum absolute atomic E-state index is 9.57. The van der Waals surface area contributed by atoms with E-state index in [0.29, 0.717) is 6.61 Å². The van der Waals surface area contributed by atoms with Crippen molar-refractivity contribution in [2.45, 2.75) is 26.1 Å². The van der Waals surface area contributed by atoms with Gasteiger partial charge in [0.05, 0.1) is 13.2 Å². The van der Waals surface area contributed by atoms with Gasteiger partial charge in [0.1, 0.15) is 11.9 Å². The van der Waals surface area contributed by atoms with Crippen LogP contribution in [0.4, 0.5) is 0 Å². The first kappa shape index (κ1) is 12.0. The van der Waals surface area contributed by atoms with E-state index in [2.05, 4.69) is 0 Å². The molecule has 84 valence electrons. The number of ether oxygens (including phenoxy) is 2. The van der Waals surface area contributed by atoms with Crippen molar-refractivity contribution in [3.8, 4) is 5.75 Å². The molecule has 0 amide bonds. The second-order valence-corrected chi connectivity index (χ2v) is 3.39. The molecule has 0 bridgehead atoms. The van der Waals surface area contributed by atoms with Crippen LogP contribution in [0.2, 0.25) is 0 Å². The minimum Gasteiger partial charge on any atom is -0.497 e. The maximum Gasteiger partial charge on any atom is 0.118 e. The van der Waals surface area contributed by atoms with Gasteiger partial charge < -0.3 is 14.6 Å². The highest BCUT2D eigenvalue weighted by Crippen LogP contribution is 2.23. The first-order chi connectivity index (χ1) is 7.19. The van der Waals surface area contributed by atoms with Gasteiger partial charge >= 0.3 is 0 Å². The molecule has 1 aromatic carbocycles. The summed E-state index contributed by atoms with van der Waals surface area (Å²) in [5, 5.41) is 9.57. The molecule has 1 aromatic rings. The SMILES string of the molecule is CCO[C@H](c1ccc(OC)cc1)[C@@H](C)O. The van der Waals surface area contributed by atoms with Crippen LogP contribution in [-0.2, 0) is 4.74 Å². The molecule has 3 heteroatoms. The van der Waals surface area contributed by atoms with Crippen LogP contribution in [0.3, 0.4) is 0 Å². The fourth-order valence-electron chi connectivity index (χ4n) is 1.49. The summed E-state index contributed by atoms with van der Waals surface area (Å²) in [5.74, 6) is 0.805. The van der Waals surface area contributed by atoms with E-state index in [9.17, 15) is 5.11 Å². The summed E-state index contributed by atoms with van der Waals surface area (Å²) in [6.07, 6.45) is -0.778. The maximum atomic E-state index is 9.57. The van der Waals surface area contributed by atoms with Gasteiger partial charge in [0.2, 0.25) is 0 Å². The van der Waals surface area contributed by atoms with Crippen LogP contribution < -0.4 is 4.74 Å². The Labute approximate surface area is 90.6 Å². The van der Waals surface area contributed by atoms with Crippen molar-refractivity contribution < 1.29 is 14.6 Å². The Bertz CT molecular complexity index is 279. The quantitative estimate of drug-likeness (QED) is 0.809. The zero-order valence-electron chi connectivity index (χ0n) is 9.43. The molecule has 2 atom stereocenters. The fraction of sp³-hybridized carbons (Fsp3) is 0.500. The van der Waals surface area contributed by atoms with Crippen LogP contribution in [0.5, 0.6) is 5.75 Å². The third kappa shape index (κ3) is 3.22. The van der Waals surface area contributed by atoms with Gasteiger partial charge in [-0.15, -0.1) is 0 Å². The van der Waals surface area contributed by atoms with Gasteiger partial charge in [0, 0.05) is 6.61 Å². The van der Waals surface area contributed by atoms with E-state index in [0.717, 1.165) is 11.3 Å². The number of methoxy groups -OCH3 is 1. The third-order valence-corrected chi connectivity index (χ3v) is 2.23. The van der Waals surface area contributed by atoms with Gasteiger partial charge in [0.15, 0.2) is 0 Å². The summed E-state index contributed by atoms with van der Waals surface area (Å²) >= 11 is 0. The minimum atomic E-state index is -0.515. The molecule has 1 rings (SSSR count). The van der Waals surface area contributed by atoms with E-state index in [1.54, 1.807) is 14.0 Å². The van der Waals surface area contributed by atoms with Crippen molar-refractivity contribution in [1.82, 2.24) is 0 Å². The number of aliphatic hydroxyl groups excluding tert-OH is 1. The summed E-state index contributed by atoms with van der Waals surface area (Å²) in [7, 11) is 1.63. The first-order valence-corrected chi connectivity index (χ1v) is 5.12. The summed E-state index contributed by atoms with van der Waals surface area (Å²) in [6, 6.07) is 7.55. The Morgan fingerprint density at radius 1 is 1.27 bits per heavy atom. The molecular formula is C12H18O3. The smallest absolute Gasteiger partial charge is 0.118 e. The van der Waals surface area contributed by atoms with Crippen LogP contribution in [0.25, 0.3) is 0 Å². The molecule has 0 heterocycles. The Hall–Kier alpha value is -1.06. The Morgan fingerprint density at radius 2 is 1.87 bits per heavy atom. The summed E-state index contributed by atoms with van der Waals surface area (Å²) in [6.45, 7) is 4.23. The molecule has 1 N–H and O–H groups in total. The van der Waals surface area contributed by atoms with Gasteiger partial charge in [-0.2, -0.15) is 0 Å². The minimum absolute atomic E-state index is 0.263. The van der Waals surface area contributed by atoms with Crippen LogP contribution in [0, 0.1) is 0 Å². The number of benzene rings is 1. The van der Waals surface area contributed by atoms with Crippen molar-refractivity contribution >= 4 is 0 Å². The molecule has 0 radical (unpaired) electrons. The van der Waals surface area contributed by atoms with Gasteiger partial charge in [-0.25, -0.2) is 0 Å². The number of hydrogen-bond acceptors (Lipinski definition) is 3. The van der Waals surface area contributed by atoms with Gasteiger partial charge in [0.25, 0.3) is 0 Å². The van der Waals surface area contributed by atoms with Crippen molar-refractivity contribution in [1.29, 1.82) is 0 Å². The van der Waals surface area contributed by atoms with E-state index in [4.69, 9.17) is 9.47 Å². The Kier molecular flexibility index (Phi) is 4.59. The molecule has 3 nitrogen and oxygen atoms in total. The summed E-state index contributed by atoms with van der Waals surface area (Å²) in [5.41, 5.74) is 0.965. The summed E-state index contributed by atoms with van der Waals surface area (Å²) in [4.78, 5) is 0. The lowest BCUT2D eigenvalue weighted by atomic mass is 10.1. The van der Waals surface area contributed by atoms with Crippen LogP contribution in [0.15, 0.2) is 24.3 Å². The van der Waals surface area contributed by atoms with Crippen molar-refractivity contribution in [2.24, 2.45) is 0 Å². The lowest BCUT2D eigenvalue weighted by Crippen LogP contribution is -2.17. The van der Waals surface area contributed by atoms with E-state index < -0.39 is 6.10 Å². The van der Waals surface area contributed by atoms with Gasteiger partial charge in [-0.05, 0) is 31.5 Å². The van der Waals surface area contributed by atoms with E-state index in [-0.39, 0.29) is 6.10 Å². The molecule has 0 aromatic heterocycles. The number of hydrogen-bond donors (Lipinski definition) is 1. The summed E-state index contributed by atoms with van der Waals surface area (Å²) < 4.78 is 10.5. The molecule has 0 unspecified atom stereocenters. The third-order valence-electron chi connectivity index (χ3n) is 2.23. The second kappa shape index (κ2) is 5.73. The van der Waals surface area contributed by atoms with Crippen molar-refractivity contribution in [2.75, 3.05) is 13.7 Å².